The van der Waals surface area contributed by atoms with Crippen molar-refractivity contribution in [2.75, 3.05) is 0 Å². The Bertz CT molecular complexity index is 224. The Balaban J connectivity index is 2.42. The van der Waals surface area contributed by atoms with Gasteiger partial charge < -0.3 is 4.74 Å². The van der Waals surface area contributed by atoms with Crippen LogP contribution in [0.15, 0.2) is 12.5 Å². The molecule has 3 heteroatoms. The first-order chi connectivity index (χ1) is 4.86. The van der Waals surface area contributed by atoms with Crippen molar-refractivity contribution in [1.82, 2.24) is 9.97 Å². The minimum atomic E-state index is 0.270. The molecule has 1 aliphatic rings. The highest BCUT2D eigenvalue weighted by atomic mass is 16.5. The van der Waals surface area contributed by atoms with E-state index in [0.29, 0.717) is 0 Å². The van der Waals surface area contributed by atoms with E-state index < -0.39 is 0 Å². The standard InChI is InChI=1S/C7H8N2O/c1-5-2-6-3-8-4-9-7(6)10-5/h3-5H,2H2,1H3. The smallest absolute Gasteiger partial charge is 0.220 e. The third-order valence-electron chi connectivity index (χ3n) is 1.57. The van der Waals surface area contributed by atoms with Crippen molar-refractivity contribution in [2.24, 2.45) is 0 Å². The molecule has 0 spiro atoms. The Kier molecular flexibility index (Phi) is 1.09. The lowest BCUT2D eigenvalue weighted by molar-refractivity contribution is 0.246. The van der Waals surface area contributed by atoms with Gasteiger partial charge in [-0.3, -0.25) is 0 Å². The van der Waals surface area contributed by atoms with E-state index in [1.54, 1.807) is 0 Å². The van der Waals surface area contributed by atoms with Crippen LogP contribution in [0.4, 0.5) is 0 Å². The predicted molar refractivity (Wildman–Crippen MR) is 35.8 cm³/mol. The molecule has 1 unspecified atom stereocenters. The normalized spacial score (nSPS) is 21.9. The number of hydrogen-bond donors (Lipinski definition) is 0. The molecular weight excluding hydrogens is 128 g/mol. The number of ether oxygens (including phenoxy) is 1. The quantitative estimate of drug-likeness (QED) is 0.529. The van der Waals surface area contributed by atoms with E-state index in [9.17, 15) is 0 Å². The molecule has 1 atom stereocenters. The largest absolute Gasteiger partial charge is 0.474 e. The van der Waals surface area contributed by atoms with Crippen LogP contribution in [-0.4, -0.2) is 16.1 Å². The summed E-state index contributed by atoms with van der Waals surface area (Å²) in [7, 11) is 0. The first-order valence-corrected chi connectivity index (χ1v) is 3.32. The van der Waals surface area contributed by atoms with Crippen molar-refractivity contribution in [2.45, 2.75) is 19.4 Å². The summed E-state index contributed by atoms with van der Waals surface area (Å²) in [5, 5.41) is 0. The van der Waals surface area contributed by atoms with Crippen LogP contribution in [0.2, 0.25) is 0 Å². The maximum absolute atomic E-state index is 5.36. The molecule has 0 amide bonds. The Morgan fingerprint density at radius 1 is 1.70 bits per heavy atom. The number of hydrogen-bond acceptors (Lipinski definition) is 3. The van der Waals surface area contributed by atoms with E-state index in [-0.39, 0.29) is 6.10 Å². The summed E-state index contributed by atoms with van der Waals surface area (Å²) in [6.45, 7) is 2.03. The molecule has 10 heavy (non-hydrogen) atoms. The highest BCUT2D eigenvalue weighted by Gasteiger charge is 2.19. The first-order valence-electron chi connectivity index (χ1n) is 3.32. The molecule has 0 saturated carbocycles. The molecule has 1 aromatic heterocycles. The van der Waals surface area contributed by atoms with Gasteiger partial charge in [-0.1, -0.05) is 0 Å². The van der Waals surface area contributed by atoms with Gasteiger partial charge in [-0.05, 0) is 6.92 Å². The SMILES string of the molecule is CC1Cc2cncnc2O1. The fraction of sp³-hybridized carbons (Fsp3) is 0.429. The van der Waals surface area contributed by atoms with Gasteiger partial charge in [-0.15, -0.1) is 0 Å². The summed E-state index contributed by atoms with van der Waals surface area (Å²) in [6, 6.07) is 0. The molecule has 1 aromatic rings. The summed E-state index contributed by atoms with van der Waals surface area (Å²) in [6.07, 6.45) is 4.53. The maximum atomic E-state index is 5.36. The van der Waals surface area contributed by atoms with E-state index in [1.165, 1.54) is 6.33 Å². The Morgan fingerprint density at radius 3 is 3.40 bits per heavy atom. The monoisotopic (exact) mass is 136 g/mol. The molecule has 0 saturated heterocycles. The predicted octanol–water partition coefficient (Wildman–Crippen LogP) is 0.800. The molecule has 0 bridgehead atoms. The molecule has 3 nitrogen and oxygen atoms in total. The lowest BCUT2D eigenvalue weighted by atomic mass is 10.2. The Hall–Kier alpha value is -1.12. The highest BCUT2D eigenvalue weighted by molar-refractivity contribution is 5.26. The van der Waals surface area contributed by atoms with E-state index in [0.717, 1.165) is 17.9 Å². The van der Waals surface area contributed by atoms with Gasteiger partial charge in [0.05, 0.1) is 0 Å². The van der Waals surface area contributed by atoms with E-state index in [2.05, 4.69) is 9.97 Å². The number of nitrogens with zero attached hydrogens (tertiary/aromatic N) is 2. The van der Waals surface area contributed by atoms with Gasteiger partial charge in [0.1, 0.15) is 12.4 Å². The summed E-state index contributed by atoms with van der Waals surface area (Å²) in [5.74, 6) is 0.752. The van der Waals surface area contributed by atoms with Gasteiger partial charge in [-0.2, -0.15) is 0 Å². The third kappa shape index (κ3) is 0.744. The zero-order valence-electron chi connectivity index (χ0n) is 5.74. The van der Waals surface area contributed by atoms with Crippen LogP contribution in [-0.2, 0) is 6.42 Å². The van der Waals surface area contributed by atoms with Crippen molar-refractivity contribution in [3.63, 3.8) is 0 Å². The van der Waals surface area contributed by atoms with Gasteiger partial charge in [0.25, 0.3) is 0 Å². The van der Waals surface area contributed by atoms with E-state index in [1.807, 2.05) is 13.1 Å². The molecule has 0 N–H and O–H groups in total. The van der Waals surface area contributed by atoms with Gasteiger partial charge in [0, 0.05) is 18.2 Å². The van der Waals surface area contributed by atoms with E-state index >= 15 is 0 Å². The van der Waals surface area contributed by atoms with Crippen molar-refractivity contribution in [3.05, 3.63) is 18.1 Å². The summed E-state index contributed by atoms with van der Waals surface area (Å²) in [4.78, 5) is 7.88. The summed E-state index contributed by atoms with van der Waals surface area (Å²) < 4.78 is 5.36. The first kappa shape index (κ1) is 5.65. The van der Waals surface area contributed by atoms with Crippen LogP contribution in [0.3, 0.4) is 0 Å². The van der Waals surface area contributed by atoms with Gasteiger partial charge in [-0.25, -0.2) is 9.97 Å². The van der Waals surface area contributed by atoms with Crippen LogP contribution in [0, 0.1) is 0 Å². The van der Waals surface area contributed by atoms with Gasteiger partial charge in [0.2, 0.25) is 5.88 Å². The molecule has 52 valence electrons. The minimum Gasteiger partial charge on any atom is -0.474 e. The highest BCUT2D eigenvalue weighted by Crippen LogP contribution is 2.23. The molecular formula is C7H8N2O. The fourth-order valence-electron chi connectivity index (χ4n) is 1.14. The molecule has 0 radical (unpaired) electrons. The number of aromatic nitrogens is 2. The van der Waals surface area contributed by atoms with Crippen LogP contribution >= 0.6 is 0 Å². The fourth-order valence-corrected chi connectivity index (χ4v) is 1.14. The van der Waals surface area contributed by atoms with Crippen molar-refractivity contribution >= 4 is 0 Å². The molecule has 1 aliphatic heterocycles. The zero-order chi connectivity index (χ0) is 6.97. The van der Waals surface area contributed by atoms with Crippen LogP contribution < -0.4 is 4.74 Å². The average Bonchev–Trinajstić information content (AvgIpc) is 2.27. The number of rotatable bonds is 0. The molecule has 2 heterocycles. The molecule has 0 aliphatic carbocycles. The van der Waals surface area contributed by atoms with Gasteiger partial charge >= 0.3 is 0 Å². The topological polar surface area (TPSA) is 35.0 Å². The molecule has 0 aromatic carbocycles. The lowest BCUT2D eigenvalue weighted by Crippen LogP contribution is -2.05. The van der Waals surface area contributed by atoms with Crippen LogP contribution in [0.5, 0.6) is 5.88 Å². The lowest BCUT2D eigenvalue weighted by Gasteiger charge is -1.99. The third-order valence-corrected chi connectivity index (χ3v) is 1.57. The summed E-state index contributed by atoms with van der Waals surface area (Å²) >= 11 is 0. The molecule has 2 rings (SSSR count). The summed E-state index contributed by atoms with van der Waals surface area (Å²) in [5.41, 5.74) is 1.12. The second-order valence-electron chi connectivity index (χ2n) is 2.49. The maximum Gasteiger partial charge on any atom is 0.220 e. The number of fused-ring (bicyclic) bond motifs is 1. The minimum absolute atomic E-state index is 0.270. The van der Waals surface area contributed by atoms with Crippen molar-refractivity contribution < 1.29 is 4.74 Å². The second-order valence-corrected chi connectivity index (χ2v) is 2.49. The van der Waals surface area contributed by atoms with E-state index in [4.69, 9.17) is 4.74 Å². The Morgan fingerprint density at radius 2 is 2.60 bits per heavy atom. The zero-order valence-corrected chi connectivity index (χ0v) is 5.74. The van der Waals surface area contributed by atoms with Crippen LogP contribution in [0.1, 0.15) is 12.5 Å². The Labute approximate surface area is 59.1 Å². The van der Waals surface area contributed by atoms with Crippen molar-refractivity contribution in [3.8, 4) is 5.88 Å². The average molecular weight is 136 g/mol. The van der Waals surface area contributed by atoms with Crippen LogP contribution in [0.25, 0.3) is 0 Å². The van der Waals surface area contributed by atoms with Gasteiger partial charge in [0.15, 0.2) is 0 Å². The second kappa shape index (κ2) is 1.94. The van der Waals surface area contributed by atoms with Crippen molar-refractivity contribution in [1.29, 1.82) is 0 Å². The molecule has 0 fully saturated rings.